The quantitative estimate of drug-likeness (QED) is 0.332. The molecule has 3 aliphatic rings. The van der Waals surface area contributed by atoms with Crippen molar-refractivity contribution in [1.29, 1.82) is 5.26 Å². The number of hydrogen-bond donors (Lipinski definition) is 0. The van der Waals surface area contributed by atoms with E-state index >= 15 is 0 Å². The second kappa shape index (κ2) is 9.22. The molecule has 0 N–H and O–H groups in total. The molecule has 8 rings (SSSR count). The molecule has 8 heterocycles. The molecule has 5 aromatic rings. The van der Waals surface area contributed by atoms with E-state index in [2.05, 4.69) is 26.2 Å². The Morgan fingerprint density at radius 2 is 1.92 bits per heavy atom. The minimum absolute atomic E-state index is 0.0785. The Morgan fingerprint density at radius 3 is 2.59 bits per heavy atom. The summed E-state index contributed by atoms with van der Waals surface area (Å²) in [5.41, 5.74) is 3.43. The van der Waals surface area contributed by atoms with E-state index in [0.29, 0.717) is 32.0 Å². The van der Waals surface area contributed by atoms with Gasteiger partial charge in [-0.15, -0.1) is 0 Å². The lowest BCUT2D eigenvalue weighted by Gasteiger charge is -2.56. The van der Waals surface area contributed by atoms with E-state index < -0.39 is 37.9 Å². The first-order chi connectivity index (χ1) is 22.1. The van der Waals surface area contributed by atoms with Gasteiger partial charge in [-0.1, -0.05) is 6.07 Å². The van der Waals surface area contributed by atoms with E-state index in [1.807, 2.05) is 12.3 Å². The summed E-state index contributed by atoms with van der Waals surface area (Å²) in [5, 5.41) is 18.3. The van der Waals surface area contributed by atoms with Crippen molar-refractivity contribution in [2.24, 2.45) is 7.05 Å². The molecular weight excluding hydrogens is 490 g/mol. The Balaban J connectivity index is 1.30. The summed E-state index contributed by atoms with van der Waals surface area (Å²) in [4.78, 5) is 9.74. The molecule has 10 nitrogen and oxygen atoms in total. The highest BCUT2D eigenvalue weighted by atomic mass is 16.5. The highest BCUT2D eigenvalue weighted by Gasteiger charge is 2.44. The third kappa shape index (κ3) is 4.08. The summed E-state index contributed by atoms with van der Waals surface area (Å²) < 4.78 is 80.7. The maximum absolute atomic E-state index is 9.77. The first-order valence-electron chi connectivity index (χ1n) is 16.1. The van der Waals surface area contributed by atoms with Crippen molar-refractivity contribution in [1.82, 2.24) is 34.3 Å². The molecule has 0 aliphatic carbocycles. The van der Waals surface area contributed by atoms with Crippen LogP contribution in [0.1, 0.15) is 28.5 Å². The van der Waals surface area contributed by atoms with E-state index in [0.717, 1.165) is 11.1 Å². The lowest BCUT2D eigenvalue weighted by Crippen LogP contribution is -2.68. The van der Waals surface area contributed by atoms with E-state index in [4.69, 9.17) is 13.0 Å². The number of nitriles is 1. The van der Waals surface area contributed by atoms with Crippen molar-refractivity contribution in [3.05, 3.63) is 78.6 Å². The normalized spacial score (nSPS) is 28.4. The van der Waals surface area contributed by atoms with Crippen LogP contribution in [-0.2, 0) is 13.5 Å². The first-order valence-corrected chi connectivity index (χ1v) is 12.1. The Morgan fingerprint density at radius 1 is 1.05 bits per heavy atom. The van der Waals surface area contributed by atoms with E-state index in [-0.39, 0.29) is 17.3 Å². The number of aromatic nitrogens is 6. The topological polar surface area (TPSA) is 100 Å². The molecule has 39 heavy (non-hydrogen) atoms. The number of pyridine rings is 3. The molecule has 3 saturated heterocycles. The van der Waals surface area contributed by atoms with Crippen molar-refractivity contribution < 1.29 is 15.7 Å². The Labute approximate surface area is 236 Å². The van der Waals surface area contributed by atoms with Crippen LogP contribution in [0.25, 0.3) is 27.8 Å². The fourth-order valence-corrected chi connectivity index (χ4v) is 4.63. The Kier molecular flexibility index (Phi) is 3.84. The average Bonchev–Trinajstić information content (AvgIpc) is 3.65. The fraction of sp³-hybridized carbons (Fsp3) is 0.276. The van der Waals surface area contributed by atoms with Gasteiger partial charge in [0.15, 0.2) is 0 Å². The average molecular weight is 526 g/mol. The number of ether oxygens (including phenoxy) is 1. The number of anilines is 1. The summed E-state index contributed by atoms with van der Waals surface area (Å²) in [6.45, 7) is -8.35. The summed E-state index contributed by atoms with van der Waals surface area (Å²) in [6, 6.07) is 4.98. The second-order valence-corrected chi connectivity index (χ2v) is 9.08. The van der Waals surface area contributed by atoms with Crippen LogP contribution >= 0.6 is 0 Å². The highest BCUT2D eigenvalue weighted by molar-refractivity contribution is 5.87. The molecule has 194 valence electrons. The number of aryl methyl sites for hydroxylation is 1. The zero-order valence-electron chi connectivity index (χ0n) is 29.0. The van der Waals surface area contributed by atoms with Crippen molar-refractivity contribution in [3.63, 3.8) is 0 Å². The minimum Gasteiger partial charge on any atom is -0.481 e. The first kappa shape index (κ1) is 16.3. The van der Waals surface area contributed by atoms with Gasteiger partial charge in [0.25, 0.3) is 0 Å². The van der Waals surface area contributed by atoms with Gasteiger partial charge in [0.2, 0.25) is 5.88 Å². The Hall–Kier alpha value is -4.75. The second-order valence-electron chi connectivity index (χ2n) is 9.08. The molecule has 3 aliphatic heterocycles. The molecule has 0 spiro atoms. The van der Waals surface area contributed by atoms with Crippen LogP contribution in [0, 0.1) is 11.3 Å². The number of piperidine rings is 1. The van der Waals surface area contributed by atoms with Crippen LogP contribution in [0.15, 0.2) is 67.5 Å². The summed E-state index contributed by atoms with van der Waals surface area (Å²) in [7, 11) is 3.19. The number of nitrogens with zero attached hydrogens (tertiary/aromatic N) is 9. The smallest absolute Gasteiger partial charge is 0.212 e. The SMILES string of the molecule is [2H]C([2H])(c1ccc(OC)nc1)N1C2([2H])CC1([2H])C([2H])([2H])N(c1ccc(-c3cc(-c4cnn(C)c4)cn4ncc(C#N)c34)cn1)C2([2H])[2H]. The van der Waals surface area contributed by atoms with Crippen LogP contribution in [0.4, 0.5) is 5.82 Å². The number of piperazine rings is 1. The third-order valence-corrected chi connectivity index (χ3v) is 6.60. The lowest BCUT2D eigenvalue weighted by atomic mass is 9.87. The zero-order valence-corrected chi connectivity index (χ0v) is 21.0. The molecule has 2 bridgehead atoms. The van der Waals surface area contributed by atoms with E-state index in [1.54, 1.807) is 34.7 Å². The summed E-state index contributed by atoms with van der Waals surface area (Å²) in [6.07, 6.45) is 8.72. The molecule has 0 amide bonds. The molecule has 0 saturated carbocycles. The van der Waals surface area contributed by atoms with Gasteiger partial charge in [-0.25, -0.2) is 14.5 Å². The molecule has 0 aromatic carbocycles. The predicted octanol–water partition coefficient (Wildman–Crippen LogP) is 3.54. The van der Waals surface area contributed by atoms with E-state index in [1.165, 1.54) is 43.9 Å². The van der Waals surface area contributed by atoms with Crippen molar-refractivity contribution in [2.75, 3.05) is 25.0 Å². The van der Waals surface area contributed by atoms with Gasteiger partial charge < -0.3 is 9.64 Å². The maximum Gasteiger partial charge on any atom is 0.212 e. The van der Waals surface area contributed by atoms with Gasteiger partial charge >= 0.3 is 0 Å². The predicted molar refractivity (Wildman–Crippen MR) is 146 cm³/mol. The number of hydrogen-bond acceptors (Lipinski definition) is 8. The number of methoxy groups -OCH3 is 1. The van der Waals surface area contributed by atoms with Gasteiger partial charge in [-0.3, -0.25) is 9.58 Å². The molecule has 5 aromatic heterocycles. The van der Waals surface area contributed by atoms with Gasteiger partial charge in [0.05, 0.1) is 36.1 Å². The Bertz CT molecular complexity index is 2050. The van der Waals surface area contributed by atoms with Crippen molar-refractivity contribution >= 4 is 11.3 Å². The van der Waals surface area contributed by atoms with Crippen LogP contribution in [0.2, 0.25) is 0 Å². The van der Waals surface area contributed by atoms with Crippen molar-refractivity contribution in [2.45, 2.75) is 25.0 Å². The van der Waals surface area contributed by atoms with Gasteiger partial charge in [-0.05, 0) is 30.2 Å². The van der Waals surface area contributed by atoms with Crippen LogP contribution in [0.3, 0.4) is 0 Å². The number of rotatable bonds is 6. The van der Waals surface area contributed by atoms with Crippen LogP contribution in [0.5, 0.6) is 5.88 Å². The summed E-state index contributed by atoms with van der Waals surface area (Å²) >= 11 is 0. The minimum atomic E-state index is -2.85. The monoisotopic (exact) mass is 525 g/mol. The lowest BCUT2D eigenvalue weighted by molar-refractivity contribution is -0.00876. The molecule has 2 atom stereocenters. The molecule has 2 unspecified atom stereocenters. The highest BCUT2D eigenvalue weighted by Crippen LogP contribution is 2.37. The molecule has 3 fully saturated rings. The van der Waals surface area contributed by atoms with Crippen LogP contribution < -0.4 is 9.64 Å². The largest absolute Gasteiger partial charge is 0.481 e. The molecular formula is C29H27N9O. The van der Waals surface area contributed by atoms with Gasteiger partial charge in [-0.2, -0.15) is 15.5 Å². The molecule has 10 heteroatoms. The standard InChI is InChI=1S/C29H27N9O/c1-35-15-23(13-33-35)21-7-26(29-22(9-30)12-34-38(29)16-21)20-4-5-27(31-11-20)36-17-24-8-25(18-36)37(24)14-19-3-6-28(39-2)32-10-19/h3-7,10-13,15-16,24-25H,8,14,17-18H2,1-2H3/i14D2,17D2,18D2,24D,25D. The summed E-state index contributed by atoms with van der Waals surface area (Å²) in [5.74, 6) is 0.0268. The maximum atomic E-state index is 9.77. The van der Waals surface area contributed by atoms with E-state index in [9.17, 15) is 8.00 Å². The fourth-order valence-electron chi connectivity index (χ4n) is 4.63. The number of fused-ring (bicyclic) bond motifs is 3. The van der Waals surface area contributed by atoms with Crippen molar-refractivity contribution in [3.8, 4) is 34.2 Å². The van der Waals surface area contributed by atoms with Crippen LogP contribution in [-0.4, -0.2) is 66.4 Å². The molecule has 0 radical (unpaired) electrons. The third-order valence-electron chi connectivity index (χ3n) is 6.60. The van der Waals surface area contributed by atoms with Gasteiger partial charge in [0.1, 0.15) is 11.9 Å². The zero-order chi connectivity index (χ0) is 33.7. The van der Waals surface area contributed by atoms with Gasteiger partial charge in [0, 0.05) is 97.2 Å².